The van der Waals surface area contributed by atoms with Gasteiger partial charge in [-0.3, -0.25) is 10.1 Å². The highest BCUT2D eigenvalue weighted by atomic mass is 16.5. The van der Waals surface area contributed by atoms with Crippen molar-refractivity contribution in [2.45, 2.75) is 20.3 Å². The van der Waals surface area contributed by atoms with E-state index in [0.717, 1.165) is 0 Å². The summed E-state index contributed by atoms with van der Waals surface area (Å²) in [7, 11) is 0. The molecule has 0 aliphatic carbocycles. The number of aryl methyl sites for hydroxylation is 1. The van der Waals surface area contributed by atoms with Crippen LogP contribution in [0.25, 0.3) is 11.5 Å². The molecule has 2 aromatic heterocycles. The molecule has 8 nitrogen and oxygen atoms in total. The number of amides is 1. The molecular weight excluding hydrogens is 312 g/mol. The average Bonchev–Trinajstić information content (AvgIpc) is 3.24. The van der Waals surface area contributed by atoms with Gasteiger partial charge in [0.05, 0.1) is 12.2 Å². The molecule has 8 heteroatoms. The number of nitrogens with one attached hydrogen (secondary N) is 1. The van der Waals surface area contributed by atoms with Crippen molar-refractivity contribution in [3.05, 3.63) is 42.1 Å². The average molecular weight is 328 g/mol. The molecule has 124 valence electrons. The Balaban J connectivity index is 1.80. The zero-order chi connectivity index (χ0) is 16.9. The number of rotatable bonds is 6. The molecule has 0 saturated carbocycles. The fourth-order valence-electron chi connectivity index (χ4n) is 2.17. The molecule has 0 fully saturated rings. The summed E-state index contributed by atoms with van der Waals surface area (Å²) < 4.78 is 16.2. The predicted octanol–water partition coefficient (Wildman–Crippen LogP) is 2.94. The van der Waals surface area contributed by atoms with E-state index in [9.17, 15) is 4.79 Å². The number of aromatic nitrogens is 3. The second-order valence-electron chi connectivity index (χ2n) is 4.77. The first kappa shape index (κ1) is 15.7. The van der Waals surface area contributed by atoms with Gasteiger partial charge < -0.3 is 13.6 Å². The van der Waals surface area contributed by atoms with E-state index in [0.29, 0.717) is 30.1 Å². The van der Waals surface area contributed by atoms with Gasteiger partial charge in [-0.1, -0.05) is 24.2 Å². The number of anilines is 1. The van der Waals surface area contributed by atoms with Crippen LogP contribution < -0.4 is 10.1 Å². The molecule has 1 amide bonds. The van der Waals surface area contributed by atoms with Gasteiger partial charge in [0.1, 0.15) is 11.5 Å². The molecule has 0 saturated heterocycles. The number of oxazole rings is 1. The first-order chi connectivity index (χ1) is 11.7. The van der Waals surface area contributed by atoms with Crippen LogP contribution in [0.2, 0.25) is 0 Å². The third-order valence-electron chi connectivity index (χ3n) is 3.24. The highest BCUT2D eigenvalue weighted by molar-refractivity contribution is 6.02. The van der Waals surface area contributed by atoms with Gasteiger partial charge in [-0.15, -0.1) is 5.10 Å². The molecule has 0 radical (unpaired) electrons. The monoisotopic (exact) mass is 328 g/mol. The highest BCUT2D eigenvalue weighted by Gasteiger charge is 2.19. The van der Waals surface area contributed by atoms with Crippen molar-refractivity contribution in [1.82, 2.24) is 15.2 Å². The van der Waals surface area contributed by atoms with Crippen LogP contribution in [0.1, 0.15) is 30.1 Å². The molecule has 0 atom stereocenters. The minimum Gasteiger partial charge on any atom is -0.493 e. The van der Waals surface area contributed by atoms with Crippen molar-refractivity contribution >= 4 is 11.9 Å². The van der Waals surface area contributed by atoms with Gasteiger partial charge in [0.25, 0.3) is 11.8 Å². The van der Waals surface area contributed by atoms with Crippen LogP contribution in [0.5, 0.6) is 5.75 Å². The normalized spacial score (nSPS) is 10.6. The molecule has 0 unspecified atom stereocenters. The molecule has 3 rings (SSSR count). The number of nitrogens with zero attached hydrogens (tertiary/aromatic N) is 3. The van der Waals surface area contributed by atoms with Gasteiger partial charge in [-0.2, -0.15) is 0 Å². The minimum absolute atomic E-state index is 0.0219. The van der Waals surface area contributed by atoms with E-state index in [2.05, 4.69) is 20.5 Å². The lowest BCUT2D eigenvalue weighted by Crippen LogP contribution is -2.14. The Hall–Kier alpha value is -3.16. The van der Waals surface area contributed by atoms with Crippen molar-refractivity contribution in [3.8, 4) is 17.2 Å². The zero-order valence-corrected chi connectivity index (χ0v) is 13.3. The molecule has 2 heterocycles. The number of carbonyl (C=O) groups is 1. The summed E-state index contributed by atoms with van der Waals surface area (Å²) in [4.78, 5) is 16.1. The Kier molecular flexibility index (Phi) is 4.55. The van der Waals surface area contributed by atoms with E-state index in [1.54, 1.807) is 6.07 Å². The quantitative estimate of drug-likeness (QED) is 0.742. The highest BCUT2D eigenvalue weighted by Crippen LogP contribution is 2.29. The van der Waals surface area contributed by atoms with Gasteiger partial charge in [0, 0.05) is 6.42 Å². The first-order valence-electron chi connectivity index (χ1n) is 7.52. The number of hydrogen-bond donors (Lipinski definition) is 1. The largest absolute Gasteiger partial charge is 0.493 e. The zero-order valence-electron chi connectivity index (χ0n) is 13.3. The van der Waals surface area contributed by atoms with E-state index in [-0.39, 0.29) is 17.6 Å². The van der Waals surface area contributed by atoms with E-state index >= 15 is 0 Å². The van der Waals surface area contributed by atoms with Gasteiger partial charge >= 0.3 is 6.01 Å². The van der Waals surface area contributed by atoms with Crippen LogP contribution in [0.15, 0.2) is 39.5 Å². The van der Waals surface area contributed by atoms with E-state index in [1.807, 2.05) is 32.0 Å². The molecule has 0 aliphatic rings. The van der Waals surface area contributed by atoms with Crippen LogP contribution >= 0.6 is 0 Å². The summed E-state index contributed by atoms with van der Waals surface area (Å²) in [5.41, 5.74) is 0.856. The first-order valence-corrected chi connectivity index (χ1v) is 7.52. The van der Waals surface area contributed by atoms with Crippen molar-refractivity contribution < 1.29 is 18.4 Å². The Morgan fingerprint density at radius 2 is 2.08 bits per heavy atom. The molecule has 1 aromatic carbocycles. The van der Waals surface area contributed by atoms with Crippen LogP contribution in [0.3, 0.4) is 0 Å². The van der Waals surface area contributed by atoms with Crippen molar-refractivity contribution in [3.63, 3.8) is 0 Å². The van der Waals surface area contributed by atoms with E-state index in [4.69, 9.17) is 13.6 Å². The fourth-order valence-corrected chi connectivity index (χ4v) is 2.17. The van der Waals surface area contributed by atoms with Crippen LogP contribution in [-0.2, 0) is 6.42 Å². The van der Waals surface area contributed by atoms with Crippen LogP contribution in [-0.4, -0.2) is 27.7 Å². The van der Waals surface area contributed by atoms with Crippen molar-refractivity contribution in [2.24, 2.45) is 0 Å². The summed E-state index contributed by atoms with van der Waals surface area (Å²) in [6.45, 7) is 4.27. The molecule has 0 aliphatic heterocycles. The molecule has 0 spiro atoms. The maximum absolute atomic E-state index is 12.2. The maximum atomic E-state index is 12.2. The lowest BCUT2D eigenvalue weighted by atomic mass is 10.2. The Labute approximate surface area is 137 Å². The molecule has 3 aromatic rings. The Bertz CT molecular complexity index is 840. The third-order valence-corrected chi connectivity index (χ3v) is 3.24. The number of para-hydroxylation sites is 1. The van der Waals surface area contributed by atoms with Gasteiger partial charge in [0.15, 0.2) is 12.1 Å². The van der Waals surface area contributed by atoms with Crippen LogP contribution in [0, 0.1) is 0 Å². The summed E-state index contributed by atoms with van der Waals surface area (Å²) in [5, 5.41) is 10.3. The topological polar surface area (TPSA) is 103 Å². The Morgan fingerprint density at radius 1 is 1.25 bits per heavy atom. The molecule has 0 bridgehead atoms. The van der Waals surface area contributed by atoms with Gasteiger partial charge in [-0.05, 0) is 19.1 Å². The lowest BCUT2D eigenvalue weighted by molar-refractivity contribution is 0.101. The number of carbonyl (C=O) groups excluding carboxylic acids is 1. The molecule has 1 N–H and O–H groups in total. The molecular formula is C16H16N4O4. The molecule has 24 heavy (non-hydrogen) atoms. The second kappa shape index (κ2) is 6.95. The Morgan fingerprint density at radius 3 is 2.88 bits per heavy atom. The van der Waals surface area contributed by atoms with Gasteiger partial charge in [0.2, 0.25) is 0 Å². The van der Waals surface area contributed by atoms with Crippen molar-refractivity contribution in [1.29, 1.82) is 0 Å². The van der Waals surface area contributed by atoms with E-state index < -0.39 is 5.91 Å². The van der Waals surface area contributed by atoms with Gasteiger partial charge in [-0.25, -0.2) is 4.98 Å². The summed E-state index contributed by atoms with van der Waals surface area (Å²) in [5.74, 6) is 0.916. The standard InChI is InChI=1S/C16H16N4O4/c1-3-11-13(17-9-23-11)14(21)18-16-20-19-15(24-16)10-7-5-6-8-12(10)22-4-2/h5-9H,3-4H2,1-2H3,(H,18,20,21). The summed E-state index contributed by atoms with van der Waals surface area (Å²) >= 11 is 0. The smallest absolute Gasteiger partial charge is 0.322 e. The van der Waals surface area contributed by atoms with Crippen molar-refractivity contribution in [2.75, 3.05) is 11.9 Å². The lowest BCUT2D eigenvalue weighted by Gasteiger charge is -2.06. The van der Waals surface area contributed by atoms with E-state index in [1.165, 1.54) is 6.39 Å². The SMILES string of the molecule is CCOc1ccccc1-c1nnc(NC(=O)c2ncoc2CC)o1. The fraction of sp³-hybridized carbons (Fsp3) is 0.250. The predicted molar refractivity (Wildman–Crippen MR) is 84.7 cm³/mol. The van der Waals surface area contributed by atoms with Crippen LogP contribution in [0.4, 0.5) is 6.01 Å². The minimum atomic E-state index is -0.464. The summed E-state index contributed by atoms with van der Waals surface area (Å²) in [6, 6.07) is 7.28. The summed E-state index contributed by atoms with van der Waals surface area (Å²) in [6.07, 6.45) is 1.78. The number of ether oxygens (including phenoxy) is 1. The number of benzene rings is 1. The number of hydrogen-bond acceptors (Lipinski definition) is 7. The maximum Gasteiger partial charge on any atom is 0.322 e. The third kappa shape index (κ3) is 3.12. The second-order valence-corrected chi connectivity index (χ2v) is 4.77.